The minimum Gasteiger partial charge on any atom is -0.264 e. The Morgan fingerprint density at radius 2 is 1.34 bits per heavy atom. The van der Waals surface area contributed by atoms with Crippen molar-refractivity contribution in [3.8, 4) is 56.2 Å². The molecule has 0 aliphatic rings. The number of hydrogen-bond acceptors (Lipinski definition) is 7. The van der Waals surface area contributed by atoms with Gasteiger partial charge in [-0.1, -0.05) is 72.8 Å². The van der Waals surface area contributed by atoms with Crippen LogP contribution in [0.4, 0.5) is 0 Å². The average molecular weight is 621 g/mol. The predicted molar refractivity (Wildman–Crippen MR) is 191 cm³/mol. The zero-order valence-electron chi connectivity index (χ0n) is 24.9. The fourth-order valence-corrected chi connectivity index (χ4v) is 7.21. The Hall–Kier alpha value is -6.18. The Morgan fingerprint density at radius 1 is 0.489 bits per heavy atom. The zero-order valence-corrected chi connectivity index (χ0v) is 25.8. The summed E-state index contributed by atoms with van der Waals surface area (Å²) in [6, 6.07) is 39.6. The average Bonchev–Trinajstić information content (AvgIpc) is 3.53. The quantitative estimate of drug-likeness (QED) is 0.191. The molecule has 6 aromatic heterocycles. The Morgan fingerprint density at radius 3 is 2.21 bits per heavy atom. The number of hydrogen-bond donors (Lipinski definition) is 0. The number of aromatic nitrogens is 6. The smallest absolute Gasteiger partial charge is 0.126 e. The number of fused-ring (bicyclic) bond motifs is 4. The first kappa shape index (κ1) is 27.2. The van der Waals surface area contributed by atoms with Crippen molar-refractivity contribution in [1.29, 1.82) is 0 Å². The van der Waals surface area contributed by atoms with Crippen LogP contribution in [0.5, 0.6) is 0 Å². The molecule has 0 unspecified atom stereocenters. The van der Waals surface area contributed by atoms with Crippen LogP contribution in [0.1, 0.15) is 0 Å². The molecule has 0 N–H and O–H groups in total. The summed E-state index contributed by atoms with van der Waals surface area (Å²) in [5, 5.41) is 3.46. The van der Waals surface area contributed by atoms with E-state index in [1.54, 1.807) is 30.1 Å². The van der Waals surface area contributed by atoms with Crippen molar-refractivity contribution in [3.63, 3.8) is 0 Å². The number of pyridine rings is 4. The third-order valence-electron chi connectivity index (χ3n) is 8.41. The van der Waals surface area contributed by atoms with Gasteiger partial charge in [0, 0.05) is 46.9 Å². The highest BCUT2D eigenvalue weighted by molar-refractivity contribution is 7.25. The molecule has 47 heavy (non-hydrogen) atoms. The van der Waals surface area contributed by atoms with Crippen LogP contribution in [0.3, 0.4) is 0 Å². The lowest BCUT2D eigenvalue weighted by molar-refractivity contribution is 1.23. The van der Waals surface area contributed by atoms with Gasteiger partial charge in [0.25, 0.3) is 0 Å². The normalized spacial score (nSPS) is 11.4. The van der Waals surface area contributed by atoms with E-state index < -0.39 is 0 Å². The molecule has 9 rings (SSSR count). The molecule has 0 aliphatic carbocycles. The maximum atomic E-state index is 4.94. The summed E-state index contributed by atoms with van der Waals surface area (Å²) in [5.41, 5.74) is 10.6. The lowest BCUT2D eigenvalue weighted by Crippen LogP contribution is -1.93. The van der Waals surface area contributed by atoms with Crippen LogP contribution in [0.25, 0.3) is 87.4 Å². The molecule has 0 aliphatic heterocycles. The third-order valence-corrected chi connectivity index (χ3v) is 9.52. The molecule has 9 aromatic rings. The van der Waals surface area contributed by atoms with Gasteiger partial charge in [0.15, 0.2) is 0 Å². The van der Waals surface area contributed by atoms with Crippen molar-refractivity contribution < 1.29 is 0 Å². The SMILES string of the molecule is c1ccc(-c2cc(-c3ccc(-c4ncnc5c4sc4ncc(-c6cccc7ccccc67)cc45)cc3)cc(-c3cccnc3)n2)nc1. The molecule has 0 atom stereocenters. The van der Waals surface area contributed by atoms with E-state index in [2.05, 4.69) is 94.9 Å². The second-order valence-electron chi connectivity index (χ2n) is 11.3. The van der Waals surface area contributed by atoms with E-state index in [4.69, 9.17) is 19.9 Å². The first-order valence-electron chi connectivity index (χ1n) is 15.2. The summed E-state index contributed by atoms with van der Waals surface area (Å²) in [6.45, 7) is 0. The molecule has 7 heteroatoms. The largest absolute Gasteiger partial charge is 0.264 e. The molecule has 0 spiro atoms. The van der Waals surface area contributed by atoms with Gasteiger partial charge in [-0.3, -0.25) is 9.97 Å². The lowest BCUT2D eigenvalue weighted by Gasteiger charge is -2.10. The summed E-state index contributed by atoms with van der Waals surface area (Å²) in [7, 11) is 0. The van der Waals surface area contributed by atoms with Crippen LogP contribution in [0.2, 0.25) is 0 Å². The Kier molecular flexibility index (Phi) is 6.54. The molecule has 0 bridgehead atoms. The van der Waals surface area contributed by atoms with E-state index in [1.807, 2.05) is 42.7 Å². The molecule has 3 aromatic carbocycles. The van der Waals surface area contributed by atoms with Crippen LogP contribution in [0, 0.1) is 0 Å². The summed E-state index contributed by atoms with van der Waals surface area (Å²) in [4.78, 5) is 29.1. The maximum absolute atomic E-state index is 4.94. The van der Waals surface area contributed by atoms with Crippen LogP contribution in [0.15, 0.2) is 146 Å². The fraction of sp³-hybridized carbons (Fsp3) is 0. The summed E-state index contributed by atoms with van der Waals surface area (Å²) in [5.74, 6) is 0. The molecule has 0 amide bonds. The molecule has 0 radical (unpaired) electrons. The Labute approximate surface area is 274 Å². The van der Waals surface area contributed by atoms with E-state index >= 15 is 0 Å². The van der Waals surface area contributed by atoms with E-state index in [0.29, 0.717) is 0 Å². The molecule has 6 heterocycles. The highest BCUT2D eigenvalue weighted by atomic mass is 32.1. The first-order chi connectivity index (χ1) is 23.3. The fourth-order valence-electron chi connectivity index (χ4n) is 6.12. The van der Waals surface area contributed by atoms with Gasteiger partial charge in [-0.25, -0.2) is 19.9 Å². The predicted octanol–water partition coefficient (Wildman–Crippen LogP) is 9.91. The number of thiophene rings is 1. The van der Waals surface area contributed by atoms with Gasteiger partial charge >= 0.3 is 0 Å². The van der Waals surface area contributed by atoms with Gasteiger partial charge in [-0.2, -0.15) is 0 Å². The van der Waals surface area contributed by atoms with E-state index in [-0.39, 0.29) is 0 Å². The van der Waals surface area contributed by atoms with Gasteiger partial charge in [-0.15, -0.1) is 11.3 Å². The highest BCUT2D eigenvalue weighted by Crippen LogP contribution is 2.39. The van der Waals surface area contributed by atoms with E-state index in [1.165, 1.54) is 10.8 Å². The van der Waals surface area contributed by atoms with Gasteiger partial charge < -0.3 is 0 Å². The standard InChI is InChI=1S/C40H24N6S/c1-2-10-31-26(7-1)8-5-11-32(31)30-19-33-38-39(47-40(33)43-23-30)37(44-24-45-38)27-15-13-25(14-16-27)29-20-35(28-9-6-17-41-22-28)46-36(21-29)34-12-3-4-18-42-34/h1-24H. The first-order valence-corrected chi connectivity index (χ1v) is 16.1. The van der Waals surface area contributed by atoms with E-state index in [9.17, 15) is 0 Å². The second kappa shape index (κ2) is 11.3. The molecule has 0 saturated carbocycles. The van der Waals surface area contributed by atoms with Gasteiger partial charge in [0.05, 0.1) is 33.0 Å². The Balaban J connectivity index is 1.12. The number of benzene rings is 3. The number of rotatable bonds is 5. The van der Waals surface area contributed by atoms with Crippen molar-refractivity contribution in [2.75, 3.05) is 0 Å². The molecular weight excluding hydrogens is 597 g/mol. The second-order valence-corrected chi connectivity index (χ2v) is 12.3. The van der Waals surface area contributed by atoms with Crippen molar-refractivity contribution >= 4 is 42.5 Å². The summed E-state index contributed by atoms with van der Waals surface area (Å²) in [6.07, 6.45) is 9.02. The molecule has 0 saturated heterocycles. The van der Waals surface area contributed by atoms with Crippen molar-refractivity contribution in [2.24, 2.45) is 0 Å². The summed E-state index contributed by atoms with van der Waals surface area (Å²) < 4.78 is 1.03. The number of nitrogens with zero attached hydrogens (tertiary/aromatic N) is 6. The summed E-state index contributed by atoms with van der Waals surface area (Å²) >= 11 is 1.63. The molecule has 6 nitrogen and oxygen atoms in total. The highest BCUT2D eigenvalue weighted by Gasteiger charge is 2.16. The van der Waals surface area contributed by atoms with Crippen LogP contribution in [-0.2, 0) is 0 Å². The molecular formula is C40H24N6S. The van der Waals surface area contributed by atoms with Gasteiger partial charge in [0.2, 0.25) is 0 Å². The van der Waals surface area contributed by atoms with E-state index in [0.717, 1.165) is 76.6 Å². The molecule has 220 valence electrons. The van der Waals surface area contributed by atoms with Gasteiger partial charge in [-0.05, 0) is 69.9 Å². The third kappa shape index (κ3) is 4.90. The zero-order chi connectivity index (χ0) is 31.2. The van der Waals surface area contributed by atoms with Gasteiger partial charge in [0.1, 0.15) is 11.2 Å². The van der Waals surface area contributed by atoms with Crippen molar-refractivity contribution in [2.45, 2.75) is 0 Å². The lowest BCUT2D eigenvalue weighted by atomic mass is 9.99. The monoisotopic (exact) mass is 620 g/mol. The topological polar surface area (TPSA) is 77.3 Å². The van der Waals surface area contributed by atoms with Crippen molar-refractivity contribution in [3.05, 3.63) is 146 Å². The Bertz CT molecular complexity index is 2500. The van der Waals surface area contributed by atoms with Crippen molar-refractivity contribution in [1.82, 2.24) is 29.9 Å². The maximum Gasteiger partial charge on any atom is 0.126 e. The minimum atomic E-state index is 0.809. The minimum absolute atomic E-state index is 0.809. The van der Waals surface area contributed by atoms with Crippen LogP contribution < -0.4 is 0 Å². The molecule has 0 fully saturated rings. The van der Waals surface area contributed by atoms with Crippen LogP contribution in [-0.4, -0.2) is 29.9 Å². The van der Waals surface area contributed by atoms with Crippen LogP contribution >= 0.6 is 11.3 Å².